The molecule has 6 nitrogen and oxygen atoms in total. The van der Waals surface area contributed by atoms with E-state index in [1.54, 1.807) is 12.1 Å². The fraction of sp³-hybridized carbons (Fsp3) is 0.381. The summed E-state index contributed by atoms with van der Waals surface area (Å²) in [5.41, 5.74) is 2.50. The van der Waals surface area contributed by atoms with E-state index in [9.17, 15) is 13.2 Å². The van der Waals surface area contributed by atoms with Crippen molar-refractivity contribution in [3.8, 4) is 0 Å². The predicted molar refractivity (Wildman–Crippen MR) is 112 cm³/mol. The molecular weight excluding hydrogens is 374 g/mol. The summed E-state index contributed by atoms with van der Waals surface area (Å²) in [6.45, 7) is 4.49. The fourth-order valence-corrected chi connectivity index (χ4v) is 3.80. The minimum Gasteiger partial charge on any atom is -0.334 e. The summed E-state index contributed by atoms with van der Waals surface area (Å²) in [6, 6.07) is 16.7. The van der Waals surface area contributed by atoms with Crippen LogP contribution in [0.15, 0.2) is 54.6 Å². The lowest BCUT2D eigenvalue weighted by Gasteiger charge is -2.21. The van der Waals surface area contributed by atoms with Crippen molar-refractivity contribution in [2.75, 3.05) is 7.05 Å². The second-order valence-corrected chi connectivity index (χ2v) is 9.08. The van der Waals surface area contributed by atoms with E-state index in [2.05, 4.69) is 29.2 Å². The van der Waals surface area contributed by atoms with Gasteiger partial charge in [0.15, 0.2) is 0 Å². The number of hydrogen-bond donors (Lipinski definition) is 3. The lowest BCUT2D eigenvalue weighted by atomic mass is 9.97. The first-order valence-corrected chi connectivity index (χ1v) is 11.0. The van der Waals surface area contributed by atoms with Gasteiger partial charge in [-0.1, -0.05) is 68.4 Å². The molecule has 0 aliphatic heterocycles. The number of carbonyl (C=O) groups is 1. The highest BCUT2D eigenvalue weighted by atomic mass is 32.2. The van der Waals surface area contributed by atoms with Crippen molar-refractivity contribution in [3.05, 3.63) is 71.3 Å². The van der Waals surface area contributed by atoms with E-state index in [0.717, 1.165) is 17.5 Å². The van der Waals surface area contributed by atoms with E-state index >= 15 is 0 Å². The Kier molecular flexibility index (Phi) is 8.02. The molecule has 0 aliphatic rings. The van der Waals surface area contributed by atoms with Gasteiger partial charge >= 0.3 is 6.03 Å². The van der Waals surface area contributed by atoms with Crippen LogP contribution in [0.5, 0.6) is 0 Å². The van der Waals surface area contributed by atoms with Crippen molar-refractivity contribution in [1.29, 1.82) is 0 Å². The van der Waals surface area contributed by atoms with Gasteiger partial charge < -0.3 is 10.6 Å². The molecule has 0 radical (unpaired) electrons. The largest absolute Gasteiger partial charge is 0.334 e. The Morgan fingerprint density at radius 2 is 1.57 bits per heavy atom. The van der Waals surface area contributed by atoms with Crippen molar-refractivity contribution in [2.45, 2.75) is 38.6 Å². The quantitative estimate of drug-likeness (QED) is 0.600. The Labute approximate surface area is 167 Å². The minimum absolute atomic E-state index is 0.0823. The van der Waals surface area contributed by atoms with Gasteiger partial charge in [0.05, 0.1) is 11.8 Å². The van der Waals surface area contributed by atoms with Crippen LogP contribution in [0.25, 0.3) is 0 Å². The average molecular weight is 404 g/mol. The molecule has 0 saturated carbocycles. The van der Waals surface area contributed by atoms with Crippen molar-refractivity contribution >= 4 is 16.1 Å². The van der Waals surface area contributed by atoms with Crippen LogP contribution in [0.2, 0.25) is 0 Å². The zero-order valence-corrected chi connectivity index (χ0v) is 17.4. The molecule has 0 aromatic heterocycles. The highest BCUT2D eigenvalue weighted by molar-refractivity contribution is 7.88. The van der Waals surface area contributed by atoms with Crippen LogP contribution in [0.4, 0.5) is 4.79 Å². The van der Waals surface area contributed by atoms with Gasteiger partial charge in [-0.05, 0) is 36.1 Å². The topological polar surface area (TPSA) is 87.3 Å². The van der Waals surface area contributed by atoms with Crippen LogP contribution < -0.4 is 15.4 Å². The summed E-state index contributed by atoms with van der Waals surface area (Å²) in [7, 11) is -1.99. The Morgan fingerprint density at radius 3 is 2.18 bits per heavy atom. The van der Waals surface area contributed by atoms with Gasteiger partial charge in [0.2, 0.25) is 10.0 Å². The Bertz CT molecular complexity index is 867. The van der Waals surface area contributed by atoms with Gasteiger partial charge in [0.1, 0.15) is 0 Å². The van der Waals surface area contributed by atoms with E-state index in [1.165, 1.54) is 7.05 Å². The molecule has 2 aromatic carbocycles. The summed E-state index contributed by atoms with van der Waals surface area (Å²) in [6.07, 6.45) is 0.828. The van der Waals surface area contributed by atoms with Gasteiger partial charge in [0, 0.05) is 6.54 Å². The molecule has 2 amide bonds. The summed E-state index contributed by atoms with van der Waals surface area (Å²) >= 11 is 0. The summed E-state index contributed by atoms with van der Waals surface area (Å²) < 4.78 is 26.0. The molecule has 3 N–H and O–H groups in total. The van der Waals surface area contributed by atoms with E-state index in [4.69, 9.17) is 0 Å². The maximum atomic E-state index is 12.5. The average Bonchev–Trinajstić information content (AvgIpc) is 2.67. The van der Waals surface area contributed by atoms with Gasteiger partial charge in [-0.2, -0.15) is 0 Å². The first kappa shape index (κ1) is 21.9. The Hall–Kier alpha value is -2.38. The Morgan fingerprint density at radius 1 is 0.964 bits per heavy atom. The summed E-state index contributed by atoms with van der Waals surface area (Å²) in [4.78, 5) is 12.5. The van der Waals surface area contributed by atoms with Crippen molar-refractivity contribution in [1.82, 2.24) is 15.4 Å². The van der Waals surface area contributed by atoms with E-state index in [0.29, 0.717) is 11.5 Å². The third-order valence-corrected chi connectivity index (χ3v) is 5.74. The fourth-order valence-electron chi connectivity index (χ4n) is 2.97. The van der Waals surface area contributed by atoms with E-state index < -0.39 is 10.0 Å². The molecule has 0 bridgehead atoms. The molecule has 1 atom stereocenters. The highest BCUT2D eigenvalue weighted by Gasteiger charge is 2.17. The van der Waals surface area contributed by atoms with Gasteiger partial charge in [0.25, 0.3) is 0 Å². The van der Waals surface area contributed by atoms with Crippen LogP contribution in [-0.4, -0.2) is 21.5 Å². The third kappa shape index (κ3) is 6.98. The smallest absolute Gasteiger partial charge is 0.315 e. The predicted octanol–water partition coefficient (Wildman–Crippen LogP) is 3.32. The molecule has 0 fully saturated rings. The van der Waals surface area contributed by atoms with E-state index in [1.807, 2.05) is 42.5 Å². The molecule has 2 rings (SSSR count). The number of urea groups is 1. The minimum atomic E-state index is -3.38. The first-order valence-electron chi connectivity index (χ1n) is 9.38. The van der Waals surface area contributed by atoms with Gasteiger partial charge in [-0.15, -0.1) is 0 Å². The van der Waals surface area contributed by atoms with Crippen LogP contribution in [-0.2, 0) is 22.3 Å². The zero-order valence-electron chi connectivity index (χ0n) is 16.6. The maximum absolute atomic E-state index is 12.5. The number of benzene rings is 2. The van der Waals surface area contributed by atoms with Crippen molar-refractivity contribution in [3.63, 3.8) is 0 Å². The molecule has 0 unspecified atom stereocenters. The monoisotopic (exact) mass is 403 g/mol. The Balaban J connectivity index is 2.03. The normalized spacial score (nSPS) is 12.6. The number of sulfonamides is 1. The highest BCUT2D eigenvalue weighted by Crippen LogP contribution is 2.21. The molecule has 2 aromatic rings. The van der Waals surface area contributed by atoms with Crippen LogP contribution in [0, 0.1) is 5.92 Å². The zero-order chi connectivity index (χ0) is 20.6. The second-order valence-electron chi connectivity index (χ2n) is 7.15. The van der Waals surface area contributed by atoms with Gasteiger partial charge in [-0.3, -0.25) is 0 Å². The number of nitrogens with one attached hydrogen (secondary N) is 3. The summed E-state index contributed by atoms with van der Waals surface area (Å²) in [5.74, 6) is 0.307. The summed E-state index contributed by atoms with van der Waals surface area (Å²) in [5, 5.41) is 5.88. The molecule has 0 spiro atoms. The molecule has 0 aliphatic carbocycles. The molecule has 7 heteroatoms. The lowest BCUT2D eigenvalue weighted by Crippen LogP contribution is -2.38. The first-order chi connectivity index (χ1) is 13.3. The molecule has 152 valence electrons. The number of carbonyl (C=O) groups excluding carboxylic acids is 1. The molecular formula is C21H29N3O3S. The van der Waals surface area contributed by atoms with Crippen molar-refractivity contribution < 1.29 is 13.2 Å². The number of rotatable bonds is 9. The van der Waals surface area contributed by atoms with Crippen LogP contribution in [0.1, 0.15) is 43.0 Å². The van der Waals surface area contributed by atoms with Crippen LogP contribution in [0.3, 0.4) is 0 Å². The molecule has 0 saturated heterocycles. The third-order valence-electron chi connectivity index (χ3n) is 4.43. The van der Waals surface area contributed by atoms with Crippen LogP contribution >= 0.6 is 0 Å². The number of hydrogen-bond acceptors (Lipinski definition) is 3. The maximum Gasteiger partial charge on any atom is 0.315 e. The molecule has 28 heavy (non-hydrogen) atoms. The number of amides is 2. The standard InChI is InChI=1S/C21H29N3O3S/c1-16(2)13-20(17-9-5-4-6-10-17)24-21(25)23-14-18-11-7-8-12-19(18)15-28(26,27)22-3/h4-12,16,20,22H,13-15H2,1-3H3,(H2,23,24,25)/t20-/m0/s1. The van der Waals surface area contributed by atoms with E-state index in [-0.39, 0.29) is 24.4 Å². The van der Waals surface area contributed by atoms with Crippen molar-refractivity contribution in [2.24, 2.45) is 5.92 Å². The lowest BCUT2D eigenvalue weighted by molar-refractivity contribution is 0.234. The SMILES string of the molecule is CNS(=O)(=O)Cc1ccccc1CNC(=O)N[C@@H](CC(C)C)c1ccccc1. The van der Waals surface area contributed by atoms with Gasteiger partial charge in [-0.25, -0.2) is 17.9 Å². The second kappa shape index (κ2) is 10.2. The molecule has 0 heterocycles.